The van der Waals surface area contributed by atoms with E-state index in [0.717, 1.165) is 34.6 Å². The van der Waals surface area contributed by atoms with Crippen LogP contribution in [-0.4, -0.2) is 22.0 Å². The summed E-state index contributed by atoms with van der Waals surface area (Å²) in [6.07, 6.45) is 6.69. The highest BCUT2D eigenvalue weighted by Crippen LogP contribution is 2.24. The molecule has 5 heteroatoms. The SMILES string of the molecule is Cc1ccc(NC(=NCC2CCCCC2)c2snnc2C)cc1. The second kappa shape index (κ2) is 7.68. The van der Waals surface area contributed by atoms with E-state index in [9.17, 15) is 0 Å². The highest BCUT2D eigenvalue weighted by Gasteiger charge is 2.16. The molecular formula is C18H24N4S. The standard InChI is InChI=1S/C18H24N4S/c1-13-8-10-16(11-9-13)20-18(17-14(2)21-22-23-17)19-12-15-6-4-3-5-7-15/h8-11,15H,3-7,12H2,1-2H3,(H,19,20). The van der Waals surface area contributed by atoms with Crippen molar-refractivity contribution in [2.45, 2.75) is 46.0 Å². The minimum atomic E-state index is 0.722. The van der Waals surface area contributed by atoms with Gasteiger partial charge in [-0.25, -0.2) is 0 Å². The average molecular weight is 328 g/mol. The second-order valence-corrected chi connectivity index (χ2v) is 7.13. The first-order chi connectivity index (χ1) is 11.2. The molecule has 4 nitrogen and oxygen atoms in total. The van der Waals surface area contributed by atoms with Gasteiger partial charge in [0.25, 0.3) is 0 Å². The van der Waals surface area contributed by atoms with Crippen molar-refractivity contribution >= 4 is 23.1 Å². The molecule has 0 amide bonds. The van der Waals surface area contributed by atoms with Crippen molar-refractivity contribution in [3.8, 4) is 0 Å². The van der Waals surface area contributed by atoms with Crippen LogP contribution in [0.4, 0.5) is 5.69 Å². The molecule has 1 N–H and O–H groups in total. The molecule has 0 saturated heterocycles. The number of aryl methyl sites for hydroxylation is 2. The molecule has 1 aliphatic rings. The molecule has 0 spiro atoms. The molecule has 1 aromatic heterocycles. The summed E-state index contributed by atoms with van der Waals surface area (Å²) in [6.45, 7) is 4.98. The predicted molar refractivity (Wildman–Crippen MR) is 97.4 cm³/mol. The van der Waals surface area contributed by atoms with Gasteiger partial charge in [0.1, 0.15) is 10.7 Å². The van der Waals surface area contributed by atoms with Crippen LogP contribution in [0.1, 0.15) is 48.2 Å². The van der Waals surface area contributed by atoms with Crippen molar-refractivity contribution in [1.29, 1.82) is 0 Å². The van der Waals surface area contributed by atoms with E-state index in [1.54, 1.807) is 0 Å². The number of aromatic nitrogens is 2. The molecule has 0 unspecified atom stereocenters. The summed E-state index contributed by atoms with van der Waals surface area (Å²) in [5.74, 6) is 1.63. The van der Waals surface area contributed by atoms with Crippen LogP contribution in [0.15, 0.2) is 29.3 Å². The van der Waals surface area contributed by atoms with E-state index in [0.29, 0.717) is 0 Å². The number of nitrogens with zero attached hydrogens (tertiary/aromatic N) is 3. The zero-order chi connectivity index (χ0) is 16.1. The zero-order valence-corrected chi connectivity index (χ0v) is 14.7. The van der Waals surface area contributed by atoms with Crippen LogP contribution in [0.2, 0.25) is 0 Å². The van der Waals surface area contributed by atoms with Gasteiger partial charge >= 0.3 is 0 Å². The minimum absolute atomic E-state index is 0.722. The number of benzene rings is 1. The largest absolute Gasteiger partial charge is 0.339 e. The Morgan fingerprint density at radius 2 is 1.91 bits per heavy atom. The molecule has 0 aliphatic heterocycles. The van der Waals surface area contributed by atoms with Gasteiger partial charge < -0.3 is 5.32 Å². The van der Waals surface area contributed by atoms with Gasteiger partial charge in [0, 0.05) is 12.2 Å². The summed E-state index contributed by atoms with van der Waals surface area (Å²) in [5.41, 5.74) is 3.26. The van der Waals surface area contributed by atoms with Crippen LogP contribution in [0.25, 0.3) is 0 Å². The topological polar surface area (TPSA) is 50.2 Å². The number of anilines is 1. The summed E-state index contributed by atoms with van der Waals surface area (Å²) < 4.78 is 4.06. The average Bonchev–Trinajstić information content (AvgIpc) is 3.00. The summed E-state index contributed by atoms with van der Waals surface area (Å²) in [4.78, 5) is 5.95. The van der Waals surface area contributed by atoms with E-state index in [-0.39, 0.29) is 0 Å². The summed E-state index contributed by atoms with van der Waals surface area (Å²) >= 11 is 1.41. The van der Waals surface area contributed by atoms with Gasteiger partial charge in [0.15, 0.2) is 0 Å². The Kier molecular flexibility index (Phi) is 5.39. The van der Waals surface area contributed by atoms with Gasteiger partial charge in [-0.1, -0.05) is 41.4 Å². The first-order valence-corrected chi connectivity index (χ1v) is 9.17. The van der Waals surface area contributed by atoms with Gasteiger partial charge in [-0.05, 0) is 56.3 Å². The van der Waals surface area contributed by atoms with Gasteiger partial charge in [0.05, 0.1) is 5.69 Å². The van der Waals surface area contributed by atoms with Crippen molar-refractivity contribution in [3.63, 3.8) is 0 Å². The highest BCUT2D eigenvalue weighted by atomic mass is 32.1. The summed E-state index contributed by atoms with van der Waals surface area (Å²) in [6, 6.07) is 8.41. The number of amidine groups is 1. The number of rotatable bonds is 4. The molecule has 1 aromatic carbocycles. The van der Waals surface area contributed by atoms with E-state index in [1.165, 1.54) is 49.2 Å². The monoisotopic (exact) mass is 328 g/mol. The molecule has 122 valence electrons. The number of aliphatic imine (C=N–C) groups is 1. The minimum Gasteiger partial charge on any atom is -0.339 e. The summed E-state index contributed by atoms with van der Waals surface area (Å²) in [5, 5.41) is 7.61. The fourth-order valence-corrected chi connectivity index (χ4v) is 3.60. The fraction of sp³-hybridized carbons (Fsp3) is 0.500. The van der Waals surface area contributed by atoms with Gasteiger partial charge in [0.2, 0.25) is 0 Å². The molecule has 23 heavy (non-hydrogen) atoms. The first-order valence-electron chi connectivity index (χ1n) is 8.40. The Morgan fingerprint density at radius 3 is 2.57 bits per heavy atom. The van der Waals surface area contributed by atoms with E-state index >= 15 is 0 Å². The summed E-state index contributed by atoms with van der Waals surface area (Å²) in [7, 11) is 0. The third-order valence-corrected chi connectivity index (χ3v) is 5.25. The molecule has 0 radical (unpaired) electrons. The van der Waals surface area contributed by atoms with Crippen molar-refractivity contribution in [3.05, 3.63) is 40.4 Å². The maximum atomic E-state index is 4.90. The van der Waals surface area contributed by atoms with Crippen LogP contribution in [0, 0.1) is 19.8 Å². The predicted octanol–water partition coefficient (Wildman–Crippen LogP) is 4.59. The molecule has 1 fully saturated rings. The molecule has 0 bridgehead atoms. The van der Waals surface area contributed by atoms with E-state index < -0.39 is 0 Å². The molecule has 1 aliphatic carbocycles. The Bertz CT molecular complexity index is 654. The Labute approximate surface area is 142 Å². The quantitative estimate of drug-likeness (QED) is 0.659. The fourth-order valence-electron chi connectivity index (χ4n) is 2.98. The van der Waals surface area contributed by atoms with Crippen LogP contribution >= 0.6 is 11.5 Å². The van der Waals surface area contributed by atoms with Crippen molar-refractivity contribution < 1.29 is 0 Å². The molecular weight excluding hydrogens is 304 g/mol. The lowest BCUT2D eigenvalue weighted by atomic mass is 9.89. The first kappa shape index (κ1) is 16.1. The Hall–Kier alpha value is -1.75. The maximum Gasteiger partial charge on any atom is 0.146 e. The van der Waals surface area contributed by atoms with Crippen LogP contribution < -0.4 is 5.32 Å². The highest BCUT2D eigenvalue weighted by molar-refractivity contribution is 7.08. The molecule has 0 atom stereocenters. The number of nitrogens with one attached hydrogen (secondary N) is 1. The molecule has 1 saturated carbocycles. The van der Waals surface area contributed by atoms with E-state index in [4.69, 9.17) is 4.99 Å². The van der Waals surface area contributed by atoms with E-state index in [2.05, 4.69) is 46.1 Å². The van der Waals surface area contributed by atoms with Crippen LogP contribution in [-0.2, 0) is 0 Å². The Morgan fingerprint density at radius 1 is 1.17 bits per heavy atom. The molecule has 1 heterocycles. The lowest BCUT2D eigenvalue weighted by Crippen LogP contribution is -2.17. The number of hydrogen-bond donors (Lipinski definition) is 1. The van der Waals surface area contributed by atoms with Crippen LogP contribution in [0.3, 0.4) is 0 Å². The zero-order valence-electron chi connectivity index (χ0n) is 13.9. The Balaban J connectivity index is 1.78. The van der Waals surface area contributed by atoms with Crippen molar-refractivity contribution in [2.24, 2.45) is 10.9 Å². The number of hydrogen-bond acceptors (Lipinski definition) is 4. The molecule has 2 aromatic rings. The normalized spacial score (nSPS) is 16.5. The van der Waals surface area contributed by atoms with Crippen molar-refractivity contribution in [1.82, 2.24) is 9.59 Å². The second-order valence-electron chi connectivity index (χ2n) is 6.37. The van der Waals surface area contributed by atoms with E-state index in [1.807, 2.05) is 6.92 Å². The van der Waals surface area contributed by atoms with Crippen LogP contribution in [0.5, 0.6) is 0 Å². The lowest BCUT2D eigenvalue weighted by Gasteiger charge is -2.20. The van der Waals surface area contributed by atoms with Gasteiger partial charge in [-0.15, -0.1) is 5.10 Å². The molecule has 3 rings (SSSR count). The third kappa shape index (κ3) is 4.38. The maximum absolute atomic E-state index is 4.90. The van der Waals surface area contributed by atoms with Crippen molar-refractivity contribution in [2.75, 3.05) is 11.9 Å². The smallest absolute Gasteiger partial charge is 0.146 e. The third-order valence-electron chi connectivity index (χ3n) is 4.41. The van der Waals surface area contributed by atoms with Gasteiger partial charge in [-0.3, -0.25) is 4.99 Å². The van der Waals surface area contributed by atoms with Gasteiger partial charge in [-0.2, -0.15) is 0 Å². The lowest BCUT2D eigenvalue weighted by molar-refractivity contribution is 0.367.